The zero-order chi connectivity index (χ0) is 15.1. The predicted molar refractivity (Wildman–Crippen MR) is 81.2 cm³/mol. The summed E-state index contributed by atoms with van der Waals surface area (Å²) in [6.07, 6.45) is 3.96. The van der Waals surface area contributed by atoms with Crippen molar-refractivity contribution in [2.24, 2.45) is 5.73 Å². The molecule has 2 saturated heterocycles. The zero-order valence-electron chi connectivity index (χ0n) is 13.1. The van der Waals surface area contributed by atoms with Gasteiger partial charge < -0.3 is 25.0 Å². The maximum absolute atomic E-state index is 12.0. The van der Waals surface area contributed by atoms with Crippen molar-refractivity contribution >= 4 is 6.09 Å². The van der Waals surface area contributed by atoms with Crippen LogP contribution in [0, 0.1) is 0 Å². The highest BCUT2D eigenvalue weighted by molar-refractivity contribution is 5.67. The van der Waals surface area contributed by atoms with E-state index >= 15 is 0 Å². The molecule has 0 spiro atoms. The molecule has 6 nitrogen and oxygen atoms in total. The Bertz CT molecular complexity index is 319. The molecule has 2 aliphatic heterocycles. The standard InChI is InChI=1S/C15H29N3O3/c1-2-3-9-21-15(19)18-8-10-20-14(12-18)11-17-6-4-13(16)5-7-17/h13-14H,2-12,16H2,1H3/t14-/m1/s1. The van der Waals surface area contributed by atoms with E-state index in [0.29, 0.717) is 32.3 Å². The molecule has 2 N–H and O–H groups in total. The van der Waals surface area contributed by atoms with E-state index in [4.69, 9.17) is 15.2 Å². The van der Waals surface area contributed by atoms with Crippen LogP contribution in [0.15, 0.2) is 0 Å². The van der Waals surface area contributed by atoms with Gasteiger partial charge in [0, 0.05) is 19.1 Å². The number of unbranched alkanes of at least 4 members (excludes halogenated alkanes) is 1. The number of hydrogen-bond acceptors (Lipinski definition) is 5. The van der Waals surface area contributed by atoms with Crippen molar-refractivity contribution in [1.29, 1.82) is 0 Å². The highest BCUT2D eigenvalue weighted by Gasteiger charge is 2.27. The average molecular weight is 299 g/mol. The second kappa shape index (κ2) is 8.56. The number of rotatable bonds is 5. The van der Waals surface area contributed by atoms with Gasteiger partial charge in [-0.15, -0.1) is 0 Å². The number of nitrogens with two attached hydrogens (primary N) is 1. The number of likely N-dealkylation sites (tertiary alicyclic amines) is 1. The topological polar surface area (TPSA) is 68.0 Å². The third-order valence-electron chi connectivity index (χ3n) is 4.21. The second-order valence-corrected chi connectivity index (χ2v) is 6.04. The summed E-state index contributed by atoms with van der Waals surface area (Å²) in [5.74, 6) is 0. The summed E-state index contributed by atoms with van der Waals surface area (Å²) in [6, 6.07) is 0.346. The van der Waals surface area contributed by atoms with E-state index < -0.39 is 0 Å². The lowest BCUT2D eigenvalue weighted by molar-refractivity contribution is -0.0432. The van der Waals surface area contributed by atoms with Crippen molar-refractivity contribution in [2.75, 3.05) is 45.9 Å². The van der Waals surface area contributed by atoms with Gasteiger partial charge in [0.2, 0.25) is 0 Å². The highest BCUT2D eigenvalue weighted by Crippen LogP contribution is 2.13. The number of hydrogen-bond donors (Lipinski definition) is 1. The van der Waals surface area contributed by atoms with Gasteiger partial charge >= 0.3 is 6.09 Å². The van der Waals surface area contributed by atoms with E-state index in [2.05, 4.69) is 11.8 Å². The summed E-state index contributed by atoms with van der Waals surface area (Å²) in [5.41, 5.74) is 5.92. The quantitative estimate of drug-likeness (QED) is 0.769. The first-order valence-electron chi connectivity index (χ1n) is 8.20. The normalized spacial score (nSPS) is 25.0. The molecule has 2 heterocycles. The summed E-state index contributed by atoms with van der Waals surface area (Å²) in [4.78, 5) is 16.1. The number of nitrogens with zero attached hydrogens (tertiary/aromatic N) is 2. The molecule has 0 radical (unpaired) electrons. The minimum atomic E-state index is -0.197. The average Bonchev–Trinajstić information content (AvgIpc) is 2.50. The minimum absolute atomic E-state index is 0.0896. The van der Waals surface area contributed by atoms with Gasteiger partial charge in [0.15, 0.2) is 0 Å². The fourth-order valence-corrected chi connectivity index (χ4v) is 2.81. The summed E-state index contributed by atoms with van der Waals surface area (Å²) >= 11 is 0. The van der Waals surface area contributed by atoms with Gasteiger partial charge in [-0.3, -0.25) is 0 Å². The van der Waals surface area contributed by atoms with Crippen LogP contribution < -0.4 is 5.73 Å². The molecule has 0 unspecified atom stereocenters. The van der Waals surface area contributed by atoms with Crippen LogP contribution in [0.1, 0.15) is 32.6 Å². The minimum Gasteiger partial charge on any atom is -0.449 e. The Labute approximate surface area is 127 Å². The summed E-state index contributed by atoms with van der Waals surface area (Å²) in [7, 11) is 0. The first-order chi connectivity index (χ1) is 10.2. The molecule has 1 atom stereocenters. The lowest BCUT2D eigenvalue weighted by atomic mass is 10.1. The van der Waals surface area contributed by atoms with E-state index in [0.717, 1.165) is 45.3 Å². The zero-order valence-corrected chi connectivity index (χ0v) is 13.1. The molecule has 0 aromatic carbocycles. The van der Waals surface area contributed by atoms with E-state index in [-0.39, 0.29) is 12.2 Å². The van der Waals surface area contributed by atoms with Gasteiger partial charge in [-0.2, -0.15) is 0 Å². The molecule has 0 aromatic rings. The van der Waals surface area contributed by atoms with Crippen LogP contribution in [0.2, 0.25) is 0 Å². The summed E-state index contributed by atoms with van der Waals surface area (Å²) in [5, 5.41) is 0. The number of carbonyl (C=O) groups is 1. The Morgan fingerprint density at radius 3 is 2.81 bits per heavy atom. The summed E-state index contributed by atoms with van der Waals surface area (Å²) in [6.45, 7) is 7.40. The van der Waals surface area contributed by atoms with Gasteiger partial charge in [-0.1, -0.05) is 13.3 Å². The Morgan fingerprint density at radius 2 is 2.10 bits per heavy atom. The Kier molecular flexibility index (Phi) is 6.73. The molecule has 0 saturated carbocycles. The number of morpholine rings is 1. The SMILES string of the molecule is CCCCOC(=O)N1CCO[C@H](CN2CCC(N)CC2)C1. The number of carbonyl (C=O) groups excluding carboxylic acids is 1. The van der Waals surface area contributed by atoms with Crippen LogP contribution in [0.5, 0.6) is 0 Å². The predicted octanol–water partition coefficient (Wildman–Crippen LogP) is 1.05. The first-order valence-corrected chi connectivity index (χ1v) is 8.20. The van der Waals surface area contributed by atoms with Crippen molar-refractivity contribution in [1.82, 2.24) is 9.80 Å². The molecule has 0 aromatic heterocycles. The van der Waals surface area contributed by atoms with Crippen LogP contribution in [0.4, 0.5) is 4.79 Å². The molecule has 2 aliphatic rings. The largest absolute Gasteiger partial charge is 0.449 e. The van der Waals surface area contributed by atoms with E-state index in [1.165, 1.54) is 0 Å². The van der Waals surface area contributed by atoms with E-state index in [1.807, 2.05) is 0 Å². The van der Waals surface area contributed by atoms with Crippen LogP contribution in [0.25, 0.3) is 0 Å². The van der Waals surface area contributed by atoms with Crippen LogP contribution >= 0.6 is 0 Å². The third kappa shape index (κ3) is 5.45. The van der Waals surface area contributed by atoms with Crippen molar-refractivity contribution in [3.05, 3.63) is 0 Å². The number of amides is 1. The molecular weight excluding hydrogens is 270 g/mol. The molecule has 2 fully saturated rings. The molecule has 6 heteroatoms. The van der Waals surface area contributed by atoms with Gasteiger partial charge in [0.25, 0.3) is 0 Å². The fourth-order valence-electron chi connectivity index (χ4n) is 2.81. The third-order valence-corrected chi connectivity index (χ3v) is 4.21. The van der Waals surface area contributed by atoms with Gasteiger partial charge in [-0.25, -0.2) is 4.79 Å². The number of piperidine rings is 1. The van der Waals surface area contributed by atoms with E-state index in [1.54, 1.807) is 4.90 Å². The highest BCUT2D eigenvalue weighted by atomic mass is 16.6. The fraction of sp³-hybridized carbons (Fsp3) is 0.933. The molecule has 0 bridgehead atoms. The molecular formula is C15H29N3O3. The maximum Gasteiger partial charge on any atom is 0.409 e. The Hall–Kier alpha value is -0.850. The Balaban J connectivity index is 1.71. The monoisotopic (exact) mass is 299 g/mol. The first kappa shape index (κ1) is 16.5. The molecule has 2 rings (SSSR count). The van der Waals surface area contributed by atoms with Crippen molar-refractivity contribution in [3.8, 4) is 0 Å². The molecule has 0 aliphatic carbocycles. The van der Waals surface area contributed by atoms with Crippen LogP contribution in [0.3, 0.4) is 0 Å². The van der Waals surface area contributed by atoms with E-state index in [9.17, 15) is 4.79 Å². The maximum atomic E-state index is 12.0. The van der Waals surface area contributed by atoms with Crippen LogP contribution in [-0.4, -0.2) is 74.0 Å². The lowest BCUT2D eigenvalue weighted by Gasteiger charge is -2.37. The Morgan fingerprint density at radius 1 is 1.33 bits per heavy atom. The smallest absolute Gasteiger partial charge is 0.409 e. The molecule has 21 heavy (non-hydrogen) atoms. The van der Waals surface area contributed by atoms with Crippen molar-refractivity contribution in [2.45, 2.75) is 44.8 Å². The molecule has 1 amide bonds. The summed E-state index contributed by atoms with van der Waals surface area (Å²) < 4.78 is 11.1. The lowest BCUT2D eigenvalue weighted by Crippen LogP contribution is -2.51. The van der Waals surface area contributed by atoms with Crippen molar-refractivity contribution < 1.29 is 14.3 Å². The molecule has 122 valence electrons. The number of ether oxygens (including phenoxy) is 2. The van der Waals surface area contributed by atoms with Gasteiger partial charge in [0.1, 0.15) is 0 Å². The second-order valence-electron chi connectivity index (χ2n) is 6.04. The van der Waals surface area contributed by atoms with Crippen molar-refractivity contribution in [3.63, 3.8) is 0 Å². The van der Waals surface area contributed by atoms with Gasteiger partial charge in [0.05, 0.1) is 25.9 Å². The van der Waals surface area contributed by atoms with Gasteiger partial charge in [-0.05, 0) is 32.4 Å². The van der Waals surface area contributed by atoms with Crippen LogP contribution in [-0.2, 0) is 9.47 Å².